The molecule has 63 heavy (non-hydrogen) atoms. The van der Waals surface area contributed by atoms with Gasteiger partial charge in [-0.1, -0.05) is 160 Å². The second-order valence-electron chi connectivity index (χ2n) is 17.9. The first-order valence-electron chi connectivity index (χ1n) is 22.4. The molecule has 0 saturated carbocycles. The van der Waals surface area contributed by atoms with Crippen molar-refractivity contribution in [3.63, 3.8) is 0 Å². The van der Waals surface area contributed by atoms with E-state index in [0.29, 0.717) is 0 Å². The van der Waals surface area contributed by atoms with Crippen molar-refractivity contribution in [2.45, 2.75) is 45.4 Å². The molecule has 2 aromatic heterocycles. The number of hydrogen-bond acceptors (Lipinski definition) is 1. The minimum absolute atomic E-state index is 0.0688. The van der Waals surface area contributed by atoms with Crippen LogP contribution in [0.25, 0.3) is 92.2 Å². The highest BCUT2D eigenvalue weighted by Crippen LogP contribution is 2.51. The lowest BCUT2D eigenvalue weighted by molar-refractivity contribution is 0.660. The smallest absolute Gasteiger partial charge is 0.0547 e. The molecule has 0 radical (unpaired) electrons. The van der Waals surface area contributed by atoms with Crippen LogP contribution < -0.4 is 0 Å². The van der Waals surface area contributed by atoms with Crippen LogP contribution in [-0.4, -0.2) is 4.57 Å². The van der Waals surface area contributed by atoms with E-state index in [9.17, 15) is 0 Å². The van der Waals surface area contributed by atoms with Crippen molar-refractivity contribution >= 4 is 53.3 Å². The zero-order chi connectivity index (χ0) is 42.4. The van der Waals surface area contributed by atoms with Gasteiger partial charge in [0.1, 0.15) is 0 Å². The van der Waals surface area contributed by atoms with E-state index in [2.05, 4.69) is 226 Å². The lowest BCUT2D eigenvalue weighted by atomic mass is 9.80. The Morgan fingerprint density at radius 3 is 2.02 bits per heavy atom. The summed E-state index contributed by atoms with van der Waals surface area (Å²) < 4.78 is 5.11. The monoisotopic (exact) mass is 825 g/mol. The fraction of sp³-hybridized carbons (Fsp3) is 0.115. The molecule has 11 aromatic rings. The summed E-state index contributed by atoms with van der Waals surface area (Å²) in [7, 11) is 0. The molecule has 0 amide bonds. The van der Waals surface area contributed by atoms with Gasteiger partial charge in [0.2, 0.25) is 0 Å². The van der Waals surface area contributed by atoms with E-state index in [1.165, 1.54) is 120 Å². The lowest BCUT2D eigenvalue weighted by Crippen LogP contribution is -2.14. The number of hydrogen-bond donors (Lipinski definition) is 0. The zero-order valence-corrected chi connectivity index (χ0v) is 36.9. The molecule has 0 fully saturated rings. The van der Waals surface area contributed by atoms with Gasteiger partial charge in [-0.3, -0.25) is 0 Å². The molecule has 1 aliphatic rings. The van der Waals surface area contributed by atoms with Crippen LogP contribution in [0.4, 0.5) is 0 Å². The molecule has 0 saturated heterocycles. The van der Waals surface area contributed by atoms with E-state index in [1.54, 1.807) is 0 Å². The van der Waals surface area contributed by atoms with Crippen LogP contribution in [0.5, 0.6) is 0 Å². The Kier molecular flexibility index (Phi) is 8.71. The third-order valence-electron chi connectivity index (χ3n) is 14.1. The van der Waals surface area contributed by atoms with E-state index >= 15 is 0 Å². The summed E-state index contributed by atoms with van der Waals surface area (Å²) in [5.41, 5.74) is 20.8. The van der Waals surface area contributed by atoms with Crippen LogP contribution in [0.1, 0.15) is 60.9 Å². The fourth-order valence-corrected chi connectivity index (χ4v) is 12.2. The van der Waals surface area contributed by atoms with Crippen molar-refractivity contribution in [2.24, 2.45) is 0 Å². The van der Waals surface area contributed by atoms with Crippen LogP contribution in [0.15, 0.2) is 194 Å². The van der Waals surface area contributed by atoms with Gasteiger partial charge in [0.05, 0.1) is 11.0 Å². The average molecular weight is 826 g/mol. The maximum Gasteiger partial charge on any atom is 0.0547 e. The SMILES string of the molecule is CCC(c1cc(-c2ccc3c(c2)C(C)(C)c2ccccc2-3)c2sc3ccccc3c2c1)c1ccccc1-c1cc(-c2cccc3c2c2ccccc2n3-c2ccccc2)ccc1C. The van der Waals surface area contributed by atoms with Crippen LogP contribution >= 0.6 is 11.3 Å². The molecule has 1 aliphatic carbocycles. The molecule has 2 heteroatoms. The first kappa shape index (κ1) is 37.7. The molecule has 1 nitrogen and oxygen atoms in total. The Balaban J connectivity index is 1.02. The van der Waals surface area contributed by atoms with E-state index < -0.39 is 0 Å². The van der Waals surface area contributed by atoms with Crippen LogP contribution in [0.3, 0.4) is 0 Å². The molecular weight excluding hydrogens is 779 g/mol. The van der Waals surface area contributed by atoms with Gasteiger partial charge in [0.15, 0.2) is 0 Å². The molecule has 2 heterocycles. The van der Waals surface area contributed by atoms with Crippen LogP contribution in [-0.2, 0) is 5.41 Å². The van der Waals surface area contributed by atoms with Crippen molar-refractivity contribution < 1.29 is 0 Å². The molecule has 1 atom stereocenters. The summed E-state index contributed by atoms with van der Waals surface area (Å²) in [5, 5.41) is 5.24. The second-order valence-corrected chi connectivity index (χ2v) is 19.0. The first-order valence-corrected chi connectivity index (χ1v) is 23.2. The van der Waals surface area contributed by atoms with Crippen LogP contribution in [0.2, 0.25) is 0 Å². The highest BCUT2D eigenvalue weighted by Gasteiger charge is 2.35. The minimum Gasteiger partial charge on any atom is -0.309 e. The fourth-order valence-electron chi connectivity index (χ4n) is 11.0. The Bertz CT molecular complexity index is 3600. The highest BCUT2D eigenvalue weighted by atomic mass is 32.1. The minimum atomic E-state index is -0.0688. The van der Waals surface area contributed by atoms with Gasteiger partial charge >= 0.3 is 0 Å². The second kappa shape index (κ2) is 14.5. The first-order chi connectivity index (χ1) is 30.9. The van der Waals surface area contributed by atoms with Crippen molar-refractivity contribution in [2.75, 3.05) is 0 Å². The standard InChI is InChI=1S/C61H47NS/c1-5-43(41-35-52(60-53(36-41)49-23-13-16-29-58(49)63-60)40-32-33-48-47-22-11-14-26-54(47)61(3,4)55(48)37-40)45-20-9-10-21-46(45)51-34-39(31-30-38(51)2)44-25-17-28-57-59(44)50-24-12-15-27-56(50)62(57)42-18-7-6-8-19-42/h6-37,43H,5H2,1-4H3. The van der Waals surface area contributed by atoms with E-state index in [4.69, 9.17) is 0 Å². The number of fused-ring (bicyclic) bond motifs is 9. The van der Waals surface area contributed by atoms with Crippen LogP contribution in [0, 0.1) is 6.92 Å². The Morgan fingerprint density at radius 2 is 1.16 bits per heavy atom. The number of aryl methyl sites for hydroxylation is 1. The maximum atomic E-state index is 2.53. The van der Waals surface area contributed by atoms with E-state index in [1.807, 2.05) is 11.3 Å². The highest BCUT2D eigenvalue weighted by molar-refractivity contribution is 7.26. The third-order valence-corrected chi connectivity index (χ3v) is 15.3. The quantitative estimate of drug-likeness (QED) is 0.151. The largest absolute Gasteiger partial charge is 0.309 e. The Labute approximate surface area is 373 Å². The summed E-state index contributed by atoms with van der Waals surface area (Å²) in [5.74, 6) is 0.188. The average Bonchev–Trinajstić information content (AvgIpc) is 3.95. The predicted molar refractivity (Wildman–Crippen MR) is 271 cm³/mol. The van der Waals surface area contributed by atoms with Gasteiger partial charge in [-0.05, 0) is 140 Å². The van der Waals surface area contributed by atoms with Gasteiger partial charge in [0.25, 0.3) is 0 Å². The van der Waals surface area contributed by atoms with Crippen molar-refractivity contribution in [3.8, 4) is 50.2 Å². The summed E-state index contributed by atoms with van der Waals surface area (Å²) >= 11 is 1.93. The van der Waals surface area contributed by atoms with E-state index in [0.717, 1.165) is 6.42 Å². The molecule has 0 aliphatic heterocycles. The van der Waals surface area contributed by atoms with Gasteiger partial charge in [-0.2, -0.15) is 0 Å². The molecule has 1 unspecified atom stereocenters. The number of thiophene rings is 1. The molecule has 302 valence electrons. The molecule has 0 spiro atoms. The van der Waals surface area contributed by atoms with Crippen molar-refractivity contribution in [1.29, 1.82) is 0 Å². The normalized spacial score (nSPS) is 13.5. The molecule has 9 aromatic carbocycles. The number of benzene rings is 9. The number of aromatic nitrogens is 1. The molecule has 0 N–H and O–H groups in total. The van der Waals surface area contributed by atoms with Gasteiger partial charge in [-0.15, -0.1) is 11.3 Å². The van der Waals surface area contributed by atoms with E-state index in [-0.39, 0.29) is 11.3 Å². The lowest BCUT2D eigenvalue weighted by Gasteiger charge is -2.23. The third kappa shape index (κ3) is 5.81. The zero-order valence-electron chi connectivity index (χ0n) is 36.1. The summed E-state index contributed by atoms with van der Waals surface area (Å²) in [4.78, 5) is 0. The molecular formula is C61H47NS. The summed E-state index contributed by atoms with van der Waals surface area (Å²) in [6.07, 6.45) is 0.980. The van der Waals surface area contributed by atoms with Gasteiger partial charge < -0.3 is 4.57 Å². The van der Waals surface area contributed by atoms with Gasteiger partial charge in [-0.25, -0.2) is 0 Å². The summed E-state index contributed by atoms with van der Waals surface area (Å²) in [6, 6.07) is 72.9. The Hall–Kier alpha value is -7.00. The maximum absolute atomic E-state index is 2.53. The number of nitrogens with zero attached hydrogens (tertiary/aromatic N) is 1. The van der Waals surface area contributed by atoms with Crippen molar-refractivity contribution in [1.82, 2.24) is 4.57 Å². The topological polar surface area (TPSA) is 4.93 Å². The molecule has 0 bridgehead atoms. The van der Waals surface area contributed by atoms with Crippen molar-refractivity contribution in [3.05, 3.63) is 222 Å². The van der Waals surface area contributed by atoms with Gasteiger partial charge in [0, 0.05) is 48.0 Å². The Morgan fingerprint density at radius 1 is 0.492 bits per heavy atom. The summed E-state index contributed by atoms with van der Waals surface area (Å²) in [6.45, 7) is 9.40. The number of rotatable bonds is 7. The predicted octanol–water partition coefficient (Wildman–Crippen LogP) is 17.3. The number of para-hydroxylation sites is 2. The molecule has 12 rings (SSSR count).